The molecule has 2 aromatic rings. The molecule has 21 heavy (non-hydrogen) atoms. The van der Waals surface area contributed by atoms with E-state index in [-0.39, 0.29) is 5.56 Å². The summed E-state index contributed by atoms with van der Waals surface area (Å²) in [5.41, 5.74) is 1.47. The second kappa shape index (κ2) is 7.19. The zero-order valence-corrected chi connectivity index (χ0v) is 12.9. The van der Waals surface area contributed by atoms with Gasteiger partial charge in [-0.15, -0.1) is 0 Å². The van der Waals surface area contributed by atoms with Gasteiger partial charge in [-0.3, -0.25) is 9.78 Å². The van der Waals surface area contributed by atoms with Crippen molar-refractivity contribution in [2.24, 2.45) is 0 Å². The van der Waals surface area contributed by atoms with Crippen molar-refractivity contribution in [2.45, 2.75) is 13.5 Å². The molecule has 6 heteroatoms. The second-order valence-electron chi connectivity index (χ2n) is 4.43. The van der Waals surface area contributed by atoms with Crippen LogP contribution in [0.5, 0.6) is 5.75 Å². The van der Waals surface area contributed by atoms with Gasteiger partial charge in [-0.2, -0.15) is 0 Å². The van der Waals surface area contributed by atoms with E-state index in [9.17, 15) is 4.79 Å². The average Bonchev–Trinajstić information content (AvgIpc) is 2.47. The van der Waals surface area contributed by atoms with Crippen molar-refractivity contribution in [2.75, 3.05) is 20.3 Å². The minimum Gasteiger partial charge on any atom is -0.494 e. The van der Waals surface area contributed by atoms with Gasteiger partial charge in [0.15, 0.2) is 4.77 Å². The minimum absolute atomic E-state index is 0.211. The highest BCUT2D eigenvalue weighted by molar-refractivity contribution is 7.71. The number of nitrogens with zero attached hydrogens (tertiary/aromatic N) is 1. The van der Waals surface area contributed by atoms with Crippen molar-refractivity contribution >= 4 is 12.2 Å². The quantitative estimate of drug-likeness (QED) is 0.834. The van der Waals surface area contributed by atoms with Crippen LogP contribution in [0.4, 0.5) is 0 Å². The van der Waals surface area contributed by atoms with Crippen LogP contribution in [-0.4, -0.2) is 29.9 Å². The Morgan fingerprint density at radius 1 is 1.29 bits per heavy atom. The van der Waals surface area contributed by atoms with E-state index < -0.39 is 0 Å². The summed E-state index contributed by atoms with van der Waals surface area (Å²) in [4.78, 5) is 14.3. The molecule has 0 amide bonds. The Hall–Kier alpha value is -1.92. The lowest BCUT2D eigenvalue weighted by Crippen LogP contribution is -2.16. The van der Waals surface area contributed by atoms with Crippen LogP contribution in [-0.2, 0) is 11.3 Å². The summed E-state index contributed by atoms with van der Waals surface area (Å²) in [6.45, 7) is 3.65. The molecule has 0 spiro atoms. The van der Waals surface area contributed by atoms with Gasteiger partial charge in [-0.25, -0.2) is 0 Å². The van der Waals surface area contributed by atoms with Crippen molar-refractivity contribution in [3.05, 3.63) is 45.5 Å². The number of rotatable bonds is 6. The lowest BCUT2D eigenvalue weighted by Gasteiger charge is -2.13. The molecule has 1 heterocycles. The van der Waals surface area contributed by atoms with Crippen molar-refractivity contribution in [3.63, 3.8) is 0 Å². The van der Waals surface area contributed by atoms with Gasteiger partial charge >= 0.3 is 0 Å². The van der Waals surface area contributed by atoms with E-state index >= 15 is 0 Å². The lowest BCUT2D eigenvalue weighted by atomic mass is 10.1. The van der Waals surface area contributed by atoms with Crippen LogP contribution in [0.25, 0.3) is 11.3 Å². The van der Waals surface area contributed by atoms with E-state index in [1.165, 1.54) is 0 Å². The zero-order valence-electron chi connectivity index (χ0n) is 12.1. The second-order valence-corrected chi connectivity index (χ2v) is 4.81. The monoisotopic (exact) mass is 306 g/mol. The van der Waals surface area contributed by atoms with E-state index in [2.05, 4.69) is 4.98 Å². The Morgan fingerprint density at radius 2 is 2.00 bits per heavy atom. The predicted molar refractivity (Wildman–Crippen MR) is 84.4 cm³/mol. The van der Waals surface area contributed by atoms with Gasteiger partial charge in [0.1, 0.15) is 5.75 Å². The van der Waals surface area contributed by atoms with Gasteiger partial charge in [0.05, 0.1) is 18.9 Å². The molecule has 0 bridgehead atoms. The first kappa shape index (κ1) is 15.5. The maximum atomic E-state index is 11.7. The molecular weight excluding hydrogens is 288 g/mol. The fourth-order valence-corrected chi connectivity index (χ4v) is 2.34. The van der Waals surface area contributed by atoms with Crippen LogP contribution >= 0.6 is 12.2 Å². The van der Waals surface area contributed by atoms with Crippen LogP contribution in [0, 0.1) is 4.77 Å². The normalized spacial score (nSPS) is 10.6. The largest absolute Gasteiger partial charge is 0.494 e. The minimum atomic E-state index is -0.211. The highest BCUT2D eigenvalue weighted by Gasteiger charge is 2.07. The van der Waals surface area contributed by atoms with Gasteiger partial charge in [-0.1, -0.05) is 0 Å². The van der Waals surface area contributed by atoms with Gasteiger partial charge in [0.2, 0.25) is 0 Å². The zero-order chi connectivity index (χ0) is 15.2. The third-order valence-corrected chi connectivity index (χ3v) is 3.34. The lowest BCUT2D eigenvalue weighted by molar-refractivity contribution is 0.186. The number of methoxy groups -OCH3 is 1. The number of H-pyrrole nitrogens is 1. The molecule has 0 saturated carbocycles. The predicted octanol–water partition coefficient (Wildman–Crippen LogP) is 2.62. The fourth-order valence-electron chi connectivity index (χ4n) is 2.05. The van der Waals surface area contributed by atoms with Crippen LogP contribution < -0.4 is 10.3 Å². The molecule has 1 aromatic heterocycles. The van der Waals surface area contributed by atoms with Gasteiger partial charge in [-0.05, 0) is 49.0 Å². The molecule has 112 valence electrons. The van der Waals surface area contributed by atoms with Crippen LogP contribution in [0.15, 0.2) is 35.1 Å². The number of benzene rings is 1. The number of hydrogen-bond acceptors (Lipinski definition) is 4. The number of aromatic amines is 1. The first-order chi connectivity index (χ1) is 10.2. The Labute approximate surface area is 128 Å². The van der Waals surface area contributed by atoms with Crippen molar-refractivity contribution in [3.8, 4) is 17.0 Å². The molecule has 1 N–H and O–H groups in total. The third-order valence-electron chi connectivity index (χ3n) is 3.01. The SMILES string of the molecule is CCOc1ccc(-c2cc(=O)[nH]c(=S)n2CCOC)cc1. The van der Waals surface area contributed by atoms with E-state index in [0.29, 0.717) is 24.5 Å². The molecule has 0 radical (unpaired) electrons. The fraction of sp³-hybridized carbons (Fsp3) is 0.333. The van der Waals surface area contributed by atoms with Crippen molar-refractivity contribution in [1.82, 2.24) is 9.55 Å². The van der Waals surface area contributed by atoms with Crippen molar-refractivity contribution in [1.29, 1.82) is 0 Å². The first-order valence-electron chi connectivity index (χ1n) is 6.72. The van der Waals surface area contributed by atoms with Gasteiger partial charge in [0.25, 0.3) is 5.56 Å². The smallest absolute Gasteiger partial charge is 0.252 e. The van der Waals surface area contributed by atoms with Gasteiger partial charge < -0.3 is 14.0 Å². The van der Waals surface area contributed by atoms with E-state index in [0.717, 1.165) is 17.0 Å². The topological polar surface area (TPSA) is 56.2 Å². The van der Waals surface area contributed by atoms with Crippen LogP contribution in [0.3, 0.4) is 0 Å². The Bertz CT molecular complexity index is 704. The van der Waals surface area contributed by atoms with E-state index in [1.807, 2.05) is 35.8 Å². The molecule has 0 saturated heterocycles. The Morgan fingerprint density at radius 3 is 2.62 bits per heavy atom. The molecule has 5 nitrogen and oxygen atoms in total. The third kappa shape index (κ3) is 3.80. The molecule has 0 atom stereocenters. The number of hydrogen-bond donors (Lipinski definition) is 1. The summed E-state index contributed by atoms with van der Waals surface area (Å²) in [5, 5.41) is 0. The molecule has 0 aliphatic heterocycles. The number of nitrogens with one attached hydrogen (secondary N) is 1. The number of aromatic nitrogens is 2. The molecule has 0 fully saturated rings. The maximum absolute atomic E-state index is 11.7. The first-order valence-corrected chi connectivity index (χ1v) is 7.13. The Balaban J connectivity index is 2.46. The number of ether oxygens (including phenoxy) is 2. The van der Waals surface area contributed by atoms with Gasteiger partial charge in [0, 0.05) is 19.7 Å². The van der Waals surface area contributed by atoms with Crippen LogP contribution in [0.1, 0.15) is 6.92 Å². The summed E-state index contributed by atoms with van der Waals surface area (Å²) >= 11 is 5.23. The highest BCUT2D eigenvalue weighted by Crippen LogP contribution is 2.21. The van der Waals surface area contributed by atoms with E-state index in [4.69, 9.17) is 21.7 Å². The maximum Gasteiger partial charge on any atom is 0.252 e. The van der Waals surface area contributed by atoms with E-state index in [1.54, 1.807) is 13.2 Å². The summed E-state index contributed by atoms with van der Waals surface area (Å²) in [5.74, 6) is 0.799. The molecule has 0 aliphatic rings. The molecular formula is C15H18N2O3S. The molecule has 0 unspecified atom stereocenters. The highest BCUT2D eigenvalue weighted by atomic mass is 32.1. The van der Waals surface area contributed by atoms with Crippen molar-refractivity contribution < 1.29 is 9.47 Å². The summed E-state index contributed by atoms with van der Waals surface area (Å²) in [7, 11) is 1.63. The van der Waals surface area contributed by atoms with Crippen LogP contribution in [0.2, 0.25) is 0 Å². The summed E-state index contributed by atoms with van der Waals surface area (Å²) in [6, 6.07) is 9.13. The molecule has 2 rings (SSSR count). The average molecular weight is 306 g/mol. The Kier molecular flexibility index (Phi) is 5.30. The standard InChI is InChI=1S/C15H18N2O3S/c1-3-20-12-6-4-11(5-7-12)13-10-14(18)16-15(21)17(13)8-9-19-2/h4-7,10H,3,8-9H2,1-2H3,(H,16,18,21). The summed E-state index contributed by atoms with van der Waals surface area (Å²) < 4.78 is 12.8. The summed E-state index contributed by atoms with van der Waals surface area (Å²) in [6.07, 6.45) is 0. The molecule has 1 aromatic carbocycles. The molecule has 0 aliphatic carbocycles.